The molecule has 2 rings (SSSR count). The van der Waals surface area contributed by atoms with E-state index in [1.807, 2.05) is 6.92 Å². The summed E-state index contributed by atoms with van der Waals surface area (Å²) >= 11 is 0. The summed E-state index contributed by atoms with van der Waals surface area (Å²) in [5, 5.41) is 3.01. The molecule has 5 heteroatoms. The summed E-state index contributed by atoms with van der Waals surface area (Å²) < 4.78 is 41.6. The van der Waals surface area contributed by atoms with Gasteiger partial charge >= 0.3 is 0 Å². The summed E-state index contributed by atoms with van der Waals surface area (Å²) in [6.45, 7) is 3.03. The third kappa shape index (κ3) is 3.55. The predicted octanol–water partition coefficient (Wildman–Crippen LogP) is 3.98. The number of nitrogens with one attached hydrogen (secondary N) is 1. The van der Waals surface area contributed by atoms with Gasteiger partial charge in [0, 0.05) is 19.3 Å². The Morgan fingerprint density at radius 1 is 1.05 bits per heavy atom. The van der Waals surface area contributed by atoms with Crippen LogP contribution in [0.1, 0.15) is 12.5 Å². The van der Waals surface area contributed by atoms with E-state index in [-0.39, 0.29) is 5.69 Å². The average Bonchev–Trinajstić information content (AvgIpc) is 2.44. The highest BCUT2D eigenvalue weighted by molar-refractivity contribution is 5.64. The van der Waals surface area contributed by atoms with Gasteiger partial charge in [-0.3, -0.25) is 0 Å². The van der Waals surface area contributed by atoms with Crippen LogP contribution in [0.5, 0.6) is 0 Å². The van der Waals surface area contributed by atoms with Crippen molar-refractivity contribution in [1.29, 1.82) is 0 Å². The van der Waals surface area contributed by atoms with Crippen molar-refractivity contribution in [2.24, 2.45) is 0 Å². The first-order valence-corrected chi connectivity index (χ1v) is 6.71. The fourth-order valence-corrected chi connectivity index (χ4v) is 2.12. The van der Waals surface area contributed by atoms with Gasteiger partial charge < -0.3 is 10.2 Å². The molecule has 0 aliphatic carbocycles. The van der Waals surface area contributed by atoms with Crippen LogP contribution in [0.15, 0.2) is 36.4 Å². The lowest BCUT2D eigenvalue weighted by molar-refractivity contribution is 0.576. The van der Waals surface area contributed by atoms with Crippen molar-refractivity contribution in [3.63, 3.8) is 0 Å². The molecule has 0 fully saturated rings. The fraction of sp³-hybridized carbons (Fsp3) is 0.250. The second-order valence-electron chi connectivity index (χ2n) is 4.73. The molecular weight excluding hydrogens is 277 g/mol. The topological polar surface area (TPSA) is 15.3 Å². The van der Waals surface area contributed by atoms with Gasteiger partial charge in [0.2, 0.25) is 0 Å². The van der Waals surface area contributed by atoms with E-state index in [2.05, 4.69) is 5.32 Å². The van der Waals surface area contributed by atoms with Crippen molar-refractivity contribution in [2.45, 2.75) is 13.5 Å². The zero-order valence-corrected chi connectivity index (χ0v) is 12.0. The third-order valence-corrected chi connectivity index (χ3v) is 3.19. The van der Waals surface area contributed by atoms with Gasteiger partial charge in [0.15, 0.2) is 0 Å². The molecule has 0 unspecified atom stereocenters. The van der Waals surface area contributed by atoms with Crippen molar-refractivity contribution in [3.8, 4) is 0 Å². The fourth-order valence-electron chi connectivity index (χ4n) is 2.12. The lowest BCUT2D eigenvalue weighted by Crippen LogP contribution is -2.16. The van der Waals surface area contributed by atoms with Crippen molar-refractivity contribution < 1.29 is 13.2 Å². The van der Waals surface area contributed by atoms with Crippen LogP contribution in [0.25, 0.3) is 0 Å². The second kappa shape index (κ2) is 6.63. The maximum absolute atomic E-state index is 14.2. The van der Waals surface area contributed by atoms with E-state index in [0.717, 1.165) is 0 Å². The number of hydrogen-bond acceptors (Lipinski definition) is 2. The SMILES string of the molecule is CCNCc1cc(F)c(N(C)c2cccc(F)c2)c(F)c1. The number of hydrogen-bond donors (Lipinski definition) is 1. The van der Waals surface area contributed by atoms with Gasteiger partial charge in [0.05, 0.1) is 0 Å². The zero-order valence-electron chi connectivity index (χ0n) is 12.0. The van der Waals surface area contributed by atoms with Crippen LogP contribution in [-0.4, -0.2) is 13.6 Å². The molecule has 0 saturated carbocycles. The molecule has 0 aliphatic heterocycles. The maximum Gasteiger partial charge on any atom is 0.150 e. The minimum absolute atomic E-state index is 0.194. The Morgan fingerprint density at radius 2 is 1.71 bits per heavy atom. The summed E-state index contributed by atoms with van der Waals surface area (Å²) in [5.74, 6) is -1.80. The second-order valence-corrected chi connectivity index (χ2v) is 4.73. The first kappa shape index (κ1) is 15.4. The Kier molecular flexibility index (Phi) is 4.85. The van der Waals surface area contributed by atoms with E-state index in [4.69, 9.17) is 0 Å². The number of benzene rings is 2. The van der Waals surface area contributed by atoms with Crippen LogP contribution < -0.4 is 10.2 Å². The standard InChI is InChI=1S/C16H17F3N2/c1-3-20-10-11-7-14(18)16(15(19)8-11)21(2)13-6-4-5-12(17)9-13/h4-9,20H,3,10H2,1-2H3. The monoisotopic (exact) mass is 294 g/mol. The van der Waals surface area contributed by atoms with Crippen LogP contribution in [0.4, 0.5) is 24.5 Å². The summed E-state index contributed by atoms with van der Waals surface area (Å²) in [5.41, 5.74) is 0.719. The van der Waals surface area contributed by atoms with Gasteiger partial charge in [-0.1, -0.05) is 13.0 Å². The Labute approximate surface area is 122 Å². The normalized spacial score (nSPS) is 10.7. The zero-order chi connectivity index (χ0) is 15.4. The van der Waals surface area contributed by atoms with Gasteiger partial charge in [-0.15, -0.1) is 0 Å². The molecule has 0 atom stereocenters. The molecule has 0 radical (unpaired) electrons. The van der Waals surface area contributed by atoms with Gasteiger partial charge in [0.25, 0.3) is 0 Å². The predicted molar refractivity (Wildman–Crippen MR) is 78.2 cm³/mol. The van der Waals surface area contributed by atoms with Gasteiger partial charge in [-0.2, -0.15) is 0 Å². The lowest BCUT2D eigenvalue weighted by atomic mass is 10.1. The van der Waals surface area contributed by atoms with Crippen LogP contribution >= 0.6 is 0 Å². The van der Waals surface area contributed by atoms with Gasteiger partial charge in [-0.25, -0.2) is 13.2 Å². The van der Waals surface area contributed by atoms with E-state index < -0.39 is 17.5 Å². The molecule has 112 valence electrons. The van der Waals surface area contributed by atoms with Crippen molar-refractivity contribution in [1.82, 2.24) is 5.32 Å². The molecule has 0 spiro atoms. The molecular formula is C16H17F3N2. The Balaban J connectivity index is 2.35. The first-order chi connectivity index (χ1) is 10.0. The molecule has 21 heavy (non-hydrogen) atoms. The number of anilines is 2. The van der Waals surface area contributed by atoms with Gasteiger partial charge in [0.1, 0.15) is 23.1 Å². The molecule has 2 aromatic carbocycles. The molecule has 0 bridgehead atoms. The molecule has 0 aliphatic rings. The summed E-state index contributed by atoms with van der Waals surface area (Å²) in [7, 11) is 1.50. The summed E-state index contributed by atoms with van der Waals surface area (Å²) in [6, 6.07) is 8.17. The Hall–Kier alpha value is -2.01. The average molecular weight is 294 g/mol. The molecule has 2 aromatic rings. The number of nitrogens with zero attached hydrogens (tertiary/aromatic N) is 1. The smallest absolute Gasteiger partial charge is 0.150 e. The van der Waals surface area contributed by atoms with E-state index in [1.54, 1.807) is 6.07 Å². The van der Waals surface area contributed by atoms with Crippen molar-refractivity contribution in [2.75, 3.05) is 18.5 Å². The van der Waals surface area contributed by atoms with E-state index >= 15 is 0 Å². The number of rotatable bonds is 5. The molecule has 0 aromatic heterocycles. The van der Waals surface area contributed by atoms with E-state index in [1.165, 1.54) is 42.3 Å². The molecule has 1 N–H and O–H groups in total. The van der Waals surface area contributed by atoms with Crippen molar-refractivity contribution in [3.05, 3.63) is 59.4 Å². The molecule has 2 nitrogen and oxygen atoms in total. The Morgan fingerprint density at radius 3 is 2.29 bits per heavy atom. The summed E-state index contributed by atoms with van der Waals surface area (Å²) in [6.07, 6.45) is 0. The van der Waals surface area contributed by atoms with E-state index in [9.17, 15) is 13.2 Å². The van der Waals surface area contributed by atoms with Crippen LogP contribution in [0.2, 0.25) is 0 Å². The highest BCUT2D eigenvalue weighted by Crippen LogP contribution is 2.30. The van der Waals surface area contributed by atoms with E-state index in [0.29, 0.717) is 24.3 Å². The van der Waals surface area contributed by atoms with Crippen LogP contribution in [0, 0.1) is 17.5 Å². The number of halogens is 3. The van der Waals surface area contributed by atoms with Crippen LogP contribution in [-0.2, 0) is 6.54 Å². The maximum atomic E-state index is 14.2. The van der Waals surface area contributed by atoms with Crippen molar-refractivity contribution >= 4 is 11.4 Å². The lowest BCUT2D eigenvalue weighted by Gasteiger charge is -2.21. The Bertz CT molecular complexity index is 606. The first-order valence-electron chi connectivity index (χ1n) is 6.71. The van der Waals surface area contributed by atoms with Crippen LogP contribution in [0.3, 0.4) is 0 Å². The largest absolute Gasteiger partial charge is 0.340 e. The molecule has 0 heterocycles. The highest BCUT2D eigenvalue weighted by Gasteiger charge is 2.16. The quantitative estimate of drug-likeness (QED) is 0.897. The van der Waals surface area contributed by atoms with Gasteiger partial charge in [-0.05, 0) is 42.4 Å². The highest BCUT2D eigenvalue weighted by atomic mass is 19.1. The minimum Gasteiger partial charge on any atom is -0.340 e. The molecule has 0 saturated heterocycles. The molecule has 0 amide bonds. The summed E-state index contributed by atoms with van der Waals surface area (Å²) in [4.78, 5) is 1.30. The third-order valence-electron chi connectivity index (χ3n) is 3.19. The minimum atomic E-state index is -0.672.